The summed E-state index contributed by atoms with van der Waals surface area (Å²) in [5.74, 6) is 0.0425. The van der Waals surface area contributed by atoms with Crippen LogP contribution in [0, 0.1) is 12.3 Å². The smallest absolute Gasteiger partial charge is 0.253 e. The molecule has 20 heavy (non-hydrogen) atoms. The third-order valence-electron chi connectivity index (χ3n) is 4.35. The summed E-state index contributed by atoms with van der Waals surface area (Å²) in [6, 6.07) is 6.24. The Bertz CT molecular complexity index is 494. The Morgan fingerprint density at radius 1 is 1.40 bits per heavy atom. The molecule has 1 amide bonds. The maximum absolute atomic E-state index is 12.5. The van der Waals surface area contributed by atoms with E-state index in [9.17, 15) is 4.79 Å². The van der Waals surface area contributed by atoms with Crippen LogP contribution in [0.2, 0.25) is 0 Å². The van der Waals surface area contributed by atoms with E-state index in [2.05, 4.69) is 24.5 Å². The molecule has 1 saturated carbocycles. The summed E-state index contributed by atoms with van der Waals surface area (Å²) in [4.78, 5) is 12.5. The van der Waals surface area contributed by atoms with Crippen LogP contribution in [0.3, 0.4) is 0 Å². The zero-order chi connectivity index (χ0) is 14.8. The zero-order valence-electron chi connectivity index (χ0n) is 13.0. The molecule has 0 heterocycles. The van der Waals surface area contributed by atoms with Gasteiger partial charge in [-0.25, -0.2) is 0 Å². The Hall–Kier alpha value is -1.51. The number of rotatable bonds is 4. The van der Waals surface area contributed by atoms with Crippen molar-refractivity contribution in [1.29, 1.82) is 0 Å². The van der Waals surface area contributed by atoms with Gasteiger partial charge in [0, 0.05) is 18.3 Å². The highest BCUT2D eigenvalue weighted by Crippen LogP contribution is 2.37. The second kappa shape index (κ2) is 5.86. The lowest BCUT2D eigenvalue weighted by molar-refractivity contribution is 0.0911. The number of hydrogen-bond acceptors (Lipinski definition) is 2. The van der Waals surface area contributed by atoms with Gasteiger partial charge in [0.2, 0.25) is 0 Å². The zero-order valence-corrected chi connectivity index (χ0v) is 13.0. The van der Waals surface area contributed by atoms with Crippen molar-refractivity contribution in [2.24, 2.45) is 5.41 Å². The van der Waals surface area contributed by atoms with Crippen LogP contribution >= 0.6 is 0 Å². The van der Waals surface area contributed by atoms with E-state index in [4.69, 9.17) is 0 Å². The number of amides is 1. The molecule has 0 aliphatic heterocycles. The normalized spacial score (nSPS) is 20.7. The van der Waals surface area contributed by atoms with Crippen LogP contribution in [0.1, 0.15) is 56.0 Å². The summed E-state index contributed by atoms with van der Waals surface area (Å²) in [6.07, 6.45) is 3.47. The molecule has 0 aromatic heterocycles. The number of aryl methyl sites for hydroxylation is 1. The molecule has 1 aliphatic carbocycles. The first-order chi connectivity index (χ1) is 9.44. The Morgan fingerprint density at radius 2 is 2.15 bits per heavy atom. The van der Waals surface area contributed by atoms with E-state index in [1.54, 1.807) is 0 Å². The topological polar surface area (TPSA) is 41.1 Å². The van der Waals surface area contributed by atoms with Crippen LogP contribution in [0.4, 0.5) is 5.69 Å². The first-order valence-corrected chi connectivity index (χ1v) is 7.59. The average Bonchev–Trinajstić information content (AvgIpc) is 2.69. The SMILES string of the molecule is CCNc1cc(C)ccc1C(=O)NC1CCCC1(C)C. The summed E-state index contributed by atoms with van der Waals surface area (Å²) >= 11 is 0. The summed E-state index contributed by atoms with van der Waals surface area (Å²) in [7, 11) is 0. The Kier molecular flexibility index (Phi) is 4.36. The molecule has 2 rings (SSSR count). The third-order valence-corrected chi connectivity index (χ3v) is 4.35. The van der Waals surface area contributed by atoms with Crippen molar-refractivity contribution in [3.8, 4) is 0 Å². The minimum atomic E-state index is 0.0425. The Balaban J connectivity index is 2.17. The molecule has 1 aromatic rings. The van der Waals surface area contributed by atoms with Crippen molar-refractivity contribution in [1.82, 2.24) is 5.32 Å². The Morgan fingerprint density at radius 3 is 2.75 bits per heavy atom. The molecule has 0 saturated heterocycles. The van der Waals surface area contributed by atoms with Crippen LogP contribution < -0.4 is 10.6 Å². The monoisotopic (exact) mass is 274 g/mol. The second-order valence-electron chi connectivity index (χ2n) is 6.49. The number of anilines is 1. The first-order valence-electron chi connectivity index (χ1n) is 7.59. The predicted molar refractivity (Wildman–Crippen MR) is 84.2 cm³/mol. The van der Waals surface area contributed by atoms with Gasteiger partial charge in [0.05, 0.1) is 5.56 Å². The standard InChI is InChI=1S/C17H26N2O/c1-5-18-14-11-12(2)8-9-13(14)16(20)19-15-7-6-10-17(15,3)4/h8-9,11,15,18H,5-7,10H2,1-4H3,(H,19,20). The van der Waals surface area contributed by atoms with Crippen molar-refractivity contribution >= 4 is 11.6 Å². The van der Waals surface area contributed by atoms with Crippen molar-refractivity contribution in [2.75, 3.05) is 11.9 Å². The molecule has 1 atom stereocenters. The van der Waals surface area contributed by atoms with Gasteiger partial charge < -0.3 is 10.6 Å². The summed E-state index contributed by atoms with van der Waals surface area (Å²) in [5, 5.41) is 6.51. The van der Waals surface area contributed by atoms with E-state index in [1.807, 2.05) is 32.0 Å². The fraction of sp³-hybridized carbons (Fsp3) is 0.588. The highest BCUT2D eigenvalue weighted by atomic mass is 16.1. The average molecular weight is 274 g/mol. The number of nitrogens with one attached hydrogen (secondary N) is 2. The second-order valence-corrected chi connectivity index (χ2v) is 6.49. The van der Waals surface area contributed by atoms with Crippen molar-refractivity contribution in [3.63, 3.8) is 0 Å². The molecule has 1 unspecified atom stereocenters. The van der Waals surface area contributed by atoms with Gasteiger partial charge in [0.15, 0.2) is 0 Å². The molecule has 2 N–H and O–H groups in total. The van der Waals surface area contributed by atoms with Crippen LogP contribution in [-0.4, -0.2) is 18.5 Å². The lowest BCUT2D eigenvalue weighted by Crippen LogP contribution is -2.41. The van der Waals surface area contributed by atoms with Gasteiger partial charge in [-0.3, -0.25) is 4.79 Å². The largest absolute Gasteiger partial charge is 0.385 e. The maximum atomic E-state index is 12.5. The van der Waals surface area contributed by atoms with E-state index < -0.39 is 0 Å². The van der Waals surface area contributed by atoms with Crippen LogP contribution in [0.25, 0.3) is 0 Å². The quantitative estimate of drug-likeness (QED) is 0.878. The van der Waals surface area contributed by atoms with Gasteiger partial charge in [-0.2, -0.15) is 0 Å². The van der Waals surface area contributed by atoms with Crippen molar-refractivity contribution in [2.45, 2.75) is 53.0 Å². The fourth-order valence-corrected chi connectivity index (χ4v) is 3.02. The van der Waals surface area contributed by atoms with E-state index in [0.29, 0.717) is 0 Å². The molecule has 1 aliphatic rings. The first kappa shape index (κ1) is 14.9. The van der Waals surface area contributed by atoms with Crippen LogP contribution in [0.5, 0.6) is 0 Å². The number of benzene rings is 1. The molecular weight excluding hydrogens is 248 g/mol. The molecule has 1 aromatic carbocycles. The Labute approximate surface area is 122 Å². The van der Waals surface area contributed by atoms with Gasteiger partial charge >= 0.3 is 0 Å². The molecule has 0 bridgehead atoms. The van der Waals surface area contributed by atoms with Gasteiger partial charge in [0.1, 0.15) is 0 Å². The molecular formula is C17H26N2O. The fourth-order valence-electron chi connectivity index (χ4n) is 3.02. The van der Waals surface area contributed by atoms with Gasteiger partial charge in [0.25, 0.3) is 5.91 Å². The van der Waals surface area contributed by atoms with Crippen molar-refractivity contribution < 1.29 is 4.79 Å². The summed E-state index contributed by atoms with van der Waals surface area (Å²) < 4.78 is 0. The van der Waals surface area contributed by atoms with Crippen molar-refractivity contribution in [3.05, 3.63) is 29.3 Å². The highest BCUT2D eigenvalue weighted by Gasteiger charge is 2.35. The number of carbonyl (C=O) groups excluding carboxylic acids is 1. The third kappa shape index (κ3) is 3.14. The molecule has 110 valence electrons. The lowest BCUT2D eigenvalue weighted by Gasteiger charge is -2.28. The van der Waals surface area contributed by atoms with Crippen LogP contribution in [0.15, 0.2) is 18.2 Å². The molecule has 3 heteroatoms. The van der Waals surface area contributed by atoms with E-state index >= 15 is 0 Å². The lowest BCUT2D eigenvalue weighted by atomic mass is 9.87. The van der Waals surface area contributed by atoms with E-state index in [0.717, 1.165) is 24.2 Å². The summed E-state index contributed by atoms with van der Waals surface area (Å²) in [6.45, 7) is 9.39. The molecule has 0 spiro atoms. The van der Waals surface area contributed by atoms with E-state index in [-0.39, 0.29) is 17.4 Å². The number of carbonyl (C=O) groups is 1. The summed E-state index contributed by atoms with van der Waals surface area (Å²) in [5.41, 5.74) is 3.05. The van der Waals surface area contributed by atoms with E-state index in [1.165, 1.54) is 18.4 Å². The minimum Gasteiger partial charge on any atom is -0.385 e. The molecule has 3 nitrogen and oxygen atoms in total. The molecule has 1 fully saturated rings. The maximum Gasteiger partial charge on any atom is 0.253 e. The molecule has 0 radical (unpaired) electrons. The highest BCUT2D eigenvalue weighted by molar-refractivity contribution is 6.00. The van der Waals surface area contributed by atoms with Gasteiger partial charge in [-0.05, 0) is 49.8 Å². The minimum absolute atomic E-state index is 0.0425. The number of hydrogen-bond donors (Lipinski definition) is 2. The van der Waals surface area contributed by atoms with Gasteiger partial charge in [-0.15, -0.1) is 0 Å². The van der Waals surface area contributed by atoms with Crippen LogP contribution in [-0.2, 0) is 0 Å². The van der Waals surface area contributed by atoms with Gasteiger partial charge in [-0.1, -0.05) is 26.3 Å². The predicted octanol–water partition coefficient (Wildman–Crippen LogP) is 3.74.